The molecule has 2 aromatic rings. The number of hydrogen-bond acceptors (Lipinski definition) is 7. The third-order valence-electron chi connectivity index (χ3n) is 6.33. The van der Waals surface area contributed by atoms with E-state index in [2.05, 4.69) is 6.08 Å². The van der Waals surface area contributed by atoms with Crippen LogP contribution in [0.15, 0.2) is 32.5 Å². The van der Waals surface area contributed by atoms with Crippen LogP contribution in [-0.4, -0.2) is 26.2 Å². The van der Waals surface area contributed by atoms with E-state index in [-0.39, 0.29) is 40.8 Å². The monoisotopic (exact) mass is 498 g/mol. The molecular weight excluding hydrogens is 460 g/mol. The molecule has 196 valence electrons. The van der Waals surface area contributed by atoms with Crippen LogP contribution in [0.3, 0.4) is 0 Å². The predicted molar refractivity (Wildman–Crippen MR) is 140 cm³/mol. The first kappa shape index (κ1) is 28.8. The fourth-order valence-corrected chi connectivity index (χ4v) is 4.05. The molecule has 0 radical (unpaired) electrons. The van der Waals surface area contributed by atoms with Gasteiger partial charge in [-0.25, -0.2) is 4.79 Å². The lowest BCUT2D eigenvalue weighted by Crippen LogP contribution is -2.14. The van der Waals surface area contributed by atoms with Crippen molar-refractivity contribution in [3.05, 3.63) is 67.3 Å². The molecule has 36 heavy (non-hydrogen) atoms. The molecule has 0 atom stereocenters. The van der Waals surface area contributed by atoms with E-state index in [4.69, 9.17) is 4.42 Å². The summed E-state index contributed by atoms with van der Waals surface area (Å²) in [6, 6.07) is 0. The summed E-state index contributed by atoms with van der Waals surface area (Å²) in [7, 11) is 0. The molecule has 1 heterocycles. The average molecular weight is 499 g/mol. The number of allylic oxidation sites excluding steroid dienone is 4. The molecule has 0 aliphatic heterocycles. The number of aryl methyl sites for hydroxylation is 1. The Morgan fingerprint density at radius 3 is 2.08 bits per heavy atom. The second-order valence-corrected chi connectivity index (χ2v) is 9.77. The van der Waals surface area contributed by atoms with E-state index in [0.717, 1.165) is 18.4 Å². The van der Waals surface area contributed by atoms with Crippen LogP contribution in [0.2, 0.25) is 0 Å². The van der Waals surface area contributed by atoms with Crippen molar-refractivity contribution in [1.82, 2.24) is 0 Å². The number of rotatable bonds is 10. The van der Waals surface area contributed by atoms with E-state index in [1.807, 2.05) is 26.8 Å². The van der Waals surface area contributed by atoms with Crippen molar-refractivity contribution in [2.24, 2.45) is 5.92 Å². The molecule has 2 rings (SSSR count). The molecule has 0 fully saturated rings. The van der Waals surface area contributed by atoms with E-state index >= 15 is 0 Å². The first-order valence-electron chi connectivity index (χ1n) is 12.3. The van der Waals surface area contributed by atoms with E-state index in [0.29, 0.717) is 17.7 Å². The molecule has 0 bridgehead atoms. The van der Waals surface area contributed by atoms with Gasteiger partial charge in [-0.2, -0.15) is 0 Å². The van der Waals surface area contributed by atoms with Crippen molar-refractivity contribution >= 4 is 5.78 Å². The number of carbonyl (C=O) groups excluding carboxylic acids is 1. The quantitative estimate of drug-likeness (QED) is 0.234. The number of carbonyl (C=O) groups is 1. The predicted octanol–water partition coefficient (Wildman–Crippen LogP) is 6.00. The molecule has 0 aliphatic rings. The zero-order valence-corrected chi connectivity index (χ0v) is 22.3. The van der Waals surface area contributed by atoms with Gasteiger partial charge in [-0.1, -0.05) is 44.1 Å². The highest BCUT2D eigenvalue weighted by Gasteiger charge is 2.30. The second kappa shape index (κ2) is 12.0. The van der Waals surface area contributed by atoms with Crippen LogP contribution < -0.4 is 5.63 Å². The fourth-order valence-electron chi connectivity index (χ4n) is 4.05. The molecule has 0 saturated carbocycles. The van der Waals surface area contributed by atoms with Crippen molar-refractivity contribution < 1.29 is 29.6 Å². The standard InChI is InChI=1S/C29H38O7/c1-8-22-18(7)25(31)21(29(35)36-22)14-20-26(32)19(13-12-17(6)11-9-10-15(2)3)27(33)23(28(20)34)24(30)16(4)5/h10,12,16,31-34H,8-9,11,13-14H2,1-7H3. The lowest BCUT2D eigenvalue weighted by atomic mass is 9.89. The van der Waals surface area contributed by atoms with Crippen LogP contribution in [0.5, 0.6) is 23.0 Å². The SMILES string of the molecule is CCc1oc(=O)c(Cc2c(O)c(CC=C(C)CCC=C(C)C)c(O)c(C(=O)C(C)C)c2O)c(O)c1C. The van der Waals surface area contributed by atoms with Gasteiger partial charge in [0, 0.05) is 35.4 Å². The molecule has 7 heteroatoms. The number of benzene rings is 1. The Balaban J connectivity index is 2.67. The second-order valence-electron chi connectivity index (χ2n) is 9.77. The lowest BCUT2D eigenvalue weighted by molar-refractivity contribution is 0.0933. The van der Waals surface area contributed by atoms with E-state index in [1.54, 1.807) is 27.7 Å². The first-order valence-corrected chi connectivity index (χ1v) is 12.3. The topological polar surface area (TPSA) is 128 Å². The Labute approximate surface area is 212 Å². The normalized spacial score (nSPS) is 11.7. The zero-order valence-electron chi connectivity index (χ0n) is 22.3. The molecule has 0 amide bonds. The minimum Gasteiger partial charge on any atom is -0.507 e. The number of ketones is 1. The van der Waals surface area contributed by atoms with Crippen LogP contribution >= 0.6 is 0 Å². The third-order valence-corrected chi connectivity index (χ3v) is 6.33. The minimum absolute atomic E-state index is 0.0687. The lowest BCUT2D eigenvalue weighted by Gasteiger charge is -2.19. The first-order chi connectivity index (χ1) is 16.8. The maximum Gasteiger partial charge on any atom is 0.343 e. The van der Waals surface area contributed by atoms with Gasteiger partial charge in [0.1, 0.15) is 34.3 Å². The van der Waals surface area contributed by atoms with E-state index < -0.39 is 34.6 Å². The van der Waals surface area contributed by atoms with Crippen molar-refractivity contribution in [3.8, 4) is 23.0 Å². The Morgan fingerprint density at radius 2 is 1.53 bits per heavy atom. The summed E-state index contributed by atoms with van der Waals surface area (Å²) in [5, 5.41) is 43.7. The van der Waals surface area contributed by atoms with Gasteiger partial charge >= 0.3 is 5.63 Å². The molecule has 0 aliphatic carbocycles. The summed E-state index contributed by atoms with van der Waals surface area (Å²) in [5.41, 5.74) is 1.31. The molecule has 0 saturated heterocycles. The van der Waals surface area contributed by atoms with Crippen LogP contribution in [0.4, 0.5) is 0 Å². The van der Waals surface area contributed by atoms with Crippen LogP contribution in [0.25, 0.3) is 0 Å². The smallest absolute Gasteiger partial charge is 0.343 e. The van der Waals surface area contributed by atoms with Gasteiger partial charge in [0.25, 0.3) is 0 Å². The Morgan fingerprint density at radius 1 is 0.917 bits per heavy atom. The van der Waals surface area contributed by atoms with Gasteiger partial charge < -0.3 is 24.8 Å². The Bertz CT molecular complexity index is 1260. The molecule has 0 unspecified atom stereocenters. The van der Waals surface area contributed by atoms with Crippen molar-refractivity contribution in [2.75, 3.05) is 0 Å². The van der Waals surface area contributed by atoms with Gasteiger partial charge in [0.05, 0.1) is 5.56 Å². The van der Waals surface area contributed by atoms with Crippen molar-refractivity contribution in [1.29, 1.82) is 0 Å². The molecule has 1 aromatic heterocycles. The molecular formula is C29H38O7. The van der Waals surface area contributed by atoms with Gasteiger partial charge in [0.15, 0.2) is 5.78 Å². The maximum atomic E-state index is 12.9. The average Bonchev–Trinajstić information content (AvgIpc) is 2.80. The Hall–Kier alpha value is -3.48. The zero-order chi connectivity index (χ0) is 27.3. The summed E-state index contributed by atoms with van der Waals surface area (Å²) in [6.07, 6.45) is 5.74. The fraction of sp³-hybridized carbons (Fsp3) is 0.448. The van der Waals surface area contributed by atoms with Gasteiger partial charge in [-0.15, -0.1) is 0 Å². The molecule has 1 aromatic carbocycles. The summed E-state index contributed by atoms with van der Waals surface area (Å²) in [6.45, 7) is 12.6. The number of Topliss-reactive ketones (excluding diaryl/α,β-unsaturated/α-hetero) is 1. The highest BCUT2D eigenvalue weighted by Crippen LogP contribution is 2.45. The summed E-state index contributed by atoms with van der Waals surface area (Å²) in [5.74, 6) is -2.55. The van der Waals surface area contributed by atoms with Crippen molar-refractivity contribution in [3.63, 3.8) is 0 Å². The number of aromatic hydroxyl groups is 4. The summed E-state index contributed by atoms with van der Waals surface area (Å²) >= 11 is 0. The maximum absolute atomic E-state index is 12.9. The largest absolute Gasteiger partial charge is 0.507 e. The third kappa shape index (κ3) is 6.20. The highest BCUT2D eigenvalue weighted by molar-refractivity contribution is 6.03. The molecule has 4 N–H and O–H groups in total. The van der Waals surface area contributed by atoms with Crippen LogP contribution in [-0.2, 0) is 19.3 Å². The Kier molecular flexibility index (Phi) is 9.56. The van der Waals surface area contributed by atoms with E-state index in [1.165, 1.54) is 5.57 Å². The number of phenolic OH excluding ortho intramolecular Hbond substituents is 3. The summed E-state index contributed by atoms with van der Waals surface area (Å²) < 4.78 is 5.31. The highest BCUT2D eigenvalue weighted by atomic mass is 16.4. The number of hydrogen-bond donors (Lipinski definition) is 4. The van der Waals surface area contributed by atoms with Gasteiger partial charge in [-0.3, -0.25) is 4.79 Å². The van der Waals surface area contributed by atoms with Crippen molar-refractivity contribution in [2.45, 2.75) is 80.6 Å². The van der Waals surface area contributed by atoms with Crippen LogP contribution in [0, 0.1) is 12.8 Å². The summed E-state index contributed by atoms with van der Waals surface area (Å²) in [4.78, 5) is 25.5. The van der Waals surface area contributed by atoms with E-state index in [9.17, 15) is 30.0 Å². The minimum atomic E-state index is -0.796. The molecule has 0 spiro atoms. The molecule has 7 nitrogen and oxygen atoms in total. The van der Waals surface area contributed by atoms with Crippen LogP contribution in [0.1, 0.15) is 92.8 Å². The van der Waals surface area contributed by atoms with Gasteiger partial charge in [0.2, 0.25) is 0 Å². The van der Waals surface area contributed by atoms with Gasteiger partial charge in [-0.05, 0) is 47.0 Å². The number of phenols is 3.